The Bertz CT molecular complexity index is 530. The minimum absolute atomic E-state index is 0.0802. The second-order valence-corrected chi connectivity index (χ2v) is 10.0. The van der Waals surface area contributed by atoms with E-state index in [4.69, 9.17) is 0 Å². The van der Waals surface area contributed by atoms with Gasteiger partial charge in [0, 0.05) is 24.2 Å². The Labute approximate surface area is 153 Å². The average Bonchev–Trinajstić information content (AvgIpc) is 2.47. The van der Waals surface area contributed by atoms with Crippen molar-refractivity contribution in [3.63, 3.8) is 0 Å². The van der Waals surface area contributed by atoms with E-state index in [0.29, 0.717) is 19.8 Å². The molecule has 2 aliphatic rings. The van der Waals surface area contributed by atoms with Gasteiger partial charge >= 0.3 is 0 Å². The topological polar surface area (TPSA) is 47.1 Å². The third kappa shape index (κ3) is 3.08. The second kappa shape index (κ2) is 5.68. The molecule has 0 spiro atoms. The van der Waals surface area contributed by atoms with Crippen LogP contribution in [0.15, 0.2) is 0 Å². The highest BCUT2D eigenvalue weighted by Crippen LogP contribution is 2.34. The molecule has 0 aromatic rings. The predicted octanol–water partition coefficient (Wildman–Crippen LogP) is 1.61. The zero-order valence-corrected chi connectivity index (χ0v) is 17.7. The molecule has 0 unspecified atom stereocenters. The summed E-state index contributed by atoms with van der Waals surface area (Å²) < 4.78 is 0. The number of piperazine rings is 2. The van der Waals surface area contributed by atoms with Gasteiger partial charge in [-0.05, 0) is 69.5 Å². The van der Waals surface area contributed by atoms with Crippen LogP contribution < -0.4 is 0 Å². The van der Waals surface area contributed by atoms with Crippen molar-refractivity contribution in [1.82, 2.24) is 19.6 Å². The van der Waals surface area contributed by atoms with E-state index in [1.54, 1.807) is 0 Å². The minimum Gasteiger partial charge on any atom is -0.321 e. The summed E-state index contributed by atoms with van der Waals surface area (Å²) in [6, 6.07) is 0. The van der Waals surface area contributed by atoms with E-state index in [1.165, 1.54) is 0 Å². The van der Waals surface area contributed by atoms with Crippen molar-refractivity contribution in [1.29, 1.82) is 0 Å². The van der Waals surface area contributed by atoms with Crippen LogP contribution in [0.4, 0.5) is 0 Å². The Balaban J connectivity index is 2.29. The molecule has 0 bridgehead atoms. The molecular formula is C19H36N4O2. The monoisotopic (exact) mass is 352 g/mol. The van der Waals surface area contributed by atoms with Gasteiger partial charge in [-0.3, -0.25) is 19.4 Å². The number of carbonyl (C=O) groups excluding carboxylic acids is 2. The summed E-state index contributed by atoms with van der Waals surface area (Å²) >= 11 is 0. The normalized spacial score (nSPS) is 29.2. The third-order valence-electron chi connectivity index (χ3n) is 6.61. The van der Waals surface area contributed by atoms with E-state index in [2.05, 4.69) is 37.5 Å². The summed E-state index contributed by atoms with van der Waals surface area (Å²) in [5, 5.41) is 0. The van der Waals surface area contributed by atoms with Gasteiger partial charge in [0.2, 0.25) is 11.8 Å². The summed E-state index contributed by atoms with van der Waals surface area (Å²) in [6.07, 6.45) is 0. The summed E-state index contributed by atoms with van der Waals surface area (Å²) in [6.45, 7) is 18.0. The first-order chi connectivity index (χ1) is 11.0. The maximum Gasteiger partial charge on any atom is 0.244 e. The fourth-order valence-corrected chi connectivity index (χ4v) is 4.30. The van der Waals surface area contributed by atoms with Gasteiger partial charge in [-0.1, -0.05) is 0 Å². The second-order valence-electron chi connectivity index (χ2n) is 10.0. The number of amides is 2. The van der Waals surface area contributed by atoms with Gasteiger partial charge in [0.1, 0.15) is 0 Å². The fraction of sp³-hybridized carbons (Fsp3) is 0.895. The maximum atomic E-state index is 13.0. The van der Waals surface area contributed by atoms with Crippen LogP contribution >= 0.6 is 0 Å². The molecule has 2 saturated heterocycles. The first kappa shape index (κ1) is 20.2. The summed E-state index contributed by atoms with van der Waals surface area (Å²) in [5.74, 6) is 0.160. The molecule has 6 heteroatoms. The van der Waals surface area contributed by atoms with Crippen molar-refractivity contribution in [2.75, 3.05) is 33.9 Å². The van der Waals surface area contributed by atoms with Crippen molar-refractivity contribution >= 4 is 11.8 Å². The molecule has 2 amide bonds. The summed E-state index contributed by atoms with van der Waals surface area (Å²) in [7, 11) is 4.00. The van der Waals surface area contributed by atoms with Crippen LogP contribution in [0.3, 0.4) is 0 Å². The lowest BCUT2D eigenvalue weighted by molar-refractivity contribution is -0.171. The van der Waals surface area contributed by atoms with Gasteiger partial charge in [0.15, 0.2) is 0 Å². The molecule has 2 aliphatic heterocycles. The molecule has 0 aromatic carbocycles. The molecule has 0 aromatic heterocycles. The summed E-state index contributed by atoms with van der Waals surface area (Å²) in [4.78, 5) is 34.1. The van der Waals surface area contributed by atoms with Crippen molar-refractivity contribution in [3.05, 3.63) is 0 Å². The number of hydrogen-bond acceptors (Lipinski definition) is 4. The maximum absolute atomic E-state index is 13.0. The molecular weight excluding hydrogens is 316 g/mol. The first-order valence-electron chi connectivity index (χ1n) is 9.12. The smallest absolute Gasteiger partial charge is 0.244 e. The Kier molecular flexibility index (Phi) is 4.58. The number of rotatable bonds is 2. The molecule has 0 saturated carbocycles. The van der Waals surface area contributed by atoms with Crippen molar-refractivity contribution in [2.24, 2.45) is 0 Å². The molecule has 2 heterocycles. The highest BCUT2D eigenvalue weighted by Gasteiger charge is 2.52. The molecule has 0 radical (unpaired) electrons. The number of likely N-dealkylation sites (N-methyl/N-ethyl adjacent to an activating group) is 2. The van der Waals surface area contributed by atoms with Crippen LogP contribution in [-0.4, -0.2) is 87.4 Å². The lowest BCUT2D eigenvalue weighted by atomic mass is 9.86. The predicted molar refractivity (Wildman–Crippen MR) is 100 cm³/mol. The first-order valence-corrected chi connectivity index (χ1v) is 9.12. The van der Waals surface area contributed by atoms with Crippen LogP contribution in [0.5, 0.6) is 0 Å². The molecule has 144 valence electrons. The minimum atomic E-state index is -0.581. The third-order valence-corrected chi connectivity index (χ3v) is 6.61. The van der Waals surface area contributed by atoms with E-state index in [0.717, 1.165) is 0 Å². The average molecular weight is 353 g/mol. The molecule has 2 fully saturated rings. The SMILES string of the molecule is CN1C(C)(C)CN(CN2CC(C)(C)N(C)C(C)(C)C2=O)C(=O)C1(C)C. The highest BCUT2D eigenvalue weighted by atomic mass is 16.2. The lowest BCUT2D eigenvalue weighted by Gasteiger charge is -2.57. The van der Waals surface area contributed by atoms with Crippen LogP contribution in [-0.2, 0) is 9.59 Å². The van der Waals surface area contributed by atoms with Crippen LogP contribution in [0, 0.1) is 0 Å². The molecule has 0 N–H and O–H groups in total. The quantitative estimate of drug-likeness (QED) is 0.757. The van der Waals surface area contributed by atoms with E-state index >= 15 is 0 Å². The largest absolute Gasteiger partial charge is 0.321 e. The molecule has 6 nitrogen and oxygen atoms in total. The van der Waals surface area contributed by atoms with Gasteiger partial charge in [-0.2, -0.15) is 0 Å². The van der Waals surface area contributed by atoms with Gasteiger partial charge < -0.3 is 9.80 Å². The molecule has 0 atom stereocenters. The Morgan fingerprint density at radius 2 is 0.960 bits per heavy atom. The van der Waals surface area contributed by atoms with Gasteiger partial charge in [-0.15, -0.1) is 0 Å². The molecule has 2 rings (SSSR count). The number of nitrogens with zero attached hydrogens (tertiary/aromatic N) is 4. The van der Waals surface area contributed by atoms with Gasteiger partial charge in [0.25, 0.3) is 0 Å². The zero-order chi connectivity index (χ0) is 19.6. The van der Waals surface area contributed by atoms with Crippen molar-refractivity contribution in [2.45, 2.75) is 77.5 Å². The van der Waals surface area contributed by atoms with Gasteiger partial charge in [0.05, 0.1) is 17.7 Å². The standard InChI is InChI=1S/C19H36N4O2/c1-16(2)11-22(14(24)18(5,6)20(16)9)13-23-12-17(3,4)21(10)19(7,8)15(23)25/h11-13H2,1-10H3. The fourth-order valence-electron chi connectivity index (χ4n) is 4.30. The number of carbonyl (C=O) groups is 2. The van der Waals surface area contributed by atoms with Crippen molar-refractivity contribution < 1.29 is 9.59 Å². The van der Waals surface area contributed by atoms with Crippen LogP contribution in [0.2, 0.25) is 0 Å². The molecule has 25 heavy (non-hydrogen) atoms. The van der Waals surface area contributed by atoms with E-state index in [-0.39, 0.29) is 22.9 Å². The van der Waals surface area contributed by atoms with Crippen LogP contribution in [0.1, 0.15) is 55.4 Å². The lowest BCUT2D eigenvalue weighted by Crippen LogP contribution is -2.74. The van der Waals surface area contributed by atoms with E-state index in [9.17, 15) is 9.59 Å². The highest BCUT2D eigenvalue weighted by molar-refractivity contribution is 5.89. The zero-order valence-electron chi connectivity index (χ0n) is 17.7. The number of hydrogen-bond donors (Lipinski definition) is 0. The van der Waals surface area contributed by atoms with Gasteiger partial charge in [-0.25, -0.2) is 0 Å². The van der Waals surface area contributed by atoms with E-state index < -0.39 is 11.1 Å². The Morgan fingerprint density at radius 1 is 0.680 bits per heavy atom. The van der Waals surface area contributed by atoms with Crippen LogP contribution in [0.25, 0.3) is 0 Å². The Morgan fingerprint density at radius 3 is 1.24 bits per heavy atom. The Hall–Kier alpha value is -1.14. The van der Waals surface area contributed by atoms with Crippen molar-refractivity contribution in [3.8, 4) is 0 Å². The summed E-state index contributed by atoms with van der Waals surface area (Å²) in [5.41, 5.74) is -1.44. The van der Waals surface area contributed by atoms with E-state index in [1.807, 2.05) is 51.6 Å². The molecule has 0 aliphatic carbocycles.